The average molecular weight is 358 g/mol. The topological polar surface area (TPSA) is 72.2 Å². The van der Waals surface area contributed by atoms with Gasteiger partial charge in [0, 0.05) is 37.8 Å². The zero-order valence-electron chi connectivity index (χ0n) is 14.9. The van der Waals surface area contributed by atoms with Gasteiger partial charge in [-0.1, -0.05) is 0 Å². The summed E-state index contributed by atoms with van der Waals surface area (Å²) in [5.74, 6) is 1.41. The molecule has 1 saturated heterocycles. The fourth-order valence-electron chi connectivity index (χ4n) is 2.94. The van der Waals surface area contributed by atoms with Crippen LogP contribution in [-0.4, -0.2) is 68.4 Å². The third-order valence-corrected chi connectivity index (χ3v) is 4.42. The van der Waals surface area contributed by atoms with E-state index in [1.165, 1.54) is 6.26 Å². The van der Waals surface area contributed by atoms with Crippen LogP contribution in [0.1, 0.15) is 20.9 Å². The first-order valence-corrected chi connectivity index (χ1v) is 8.42. The number of hydrogen-bond donors (Lipinski definition) is 0. The number of Topliss-reactive ketones (excluding diaryl/α,β-unsaturated/α-hetero) is 1. The Labute approximate surface area is 152 Å². The van der Waals surface area contributed by atoms with Gasteiger partial charge in [0.1, 0.15) is 11.5 Å². The average Bonchev–Trinajstić information content (AvgIpc) is 3.22. The maximum atomic E-state index is 12.8. The van der Waals surface area contributed by atoms with Gasteiger partial charge in [-0.3, -0.25) is 14.5 Å². The van der Waals surface area contributed by atoms with Crippen molar-refractivity contribution in [3.63, 3.8) is 0 Å². The zero-order chi connectivity index (χ0) is 18.5. The van der Waals surface area contributed by atoms with Gasteiger partial charge in [-0.2, -0.15) is 0 Å². The van der Waals surface area contributed by atoms with Crippen LogP contribution in [-0.2, 0) is 0 Å². The number of benzene rings is 1. The highest BCUT2D eigenvalue weighted by atomic mass is 16.5. The lowest BCUT2D eigenvalue weighted by Gasteiger charge is -2.34. The highest BCUT2D eigenvalue weighted by molar-refractivity contribution is 5.96. The summed E-state index contributed by atoms with van der Waals surface area (Å²) in [7, 11) is 3.11. The highest BCUT2D eigenvalue weighted by Gasteiger charge is 2.24. The lowest BCUT2D eigenvalue weighted by molar-refractivity contribution is 0.0619. The third kappa shape index (κ3) is 4.05. The number of carbonyl (C=O) groups is 2. The molecule has 0 aliphatic carbocycles. The van der Waals surface area contributed by atoms with E-state index in [1.807, 2.05) is 4.90 Å². The summed E-state index contributed by atoms with van der Waals surface area (Å²) in [5, 5.41) is 0. The van der Waals surface area contributed by atoms with Crippen LogP contribution in [0.25, 0.3) is 0 Å². The number of carbonyl (C=O) groups excluding carboxylic acids is 2. The van der Waals surface area contributed by atoms with Crippen LogP contribution in [0, 0.1) is 0 Å². The van der Waals surface area contributed by atoms with E-state index in [1.54, 1.807) is 49.5 Å². The van der Waals surface area contributed by atoms with E-state index in [4.69, 9.17) is 13.9 Å². The summed E-state index contributed by atoms with van der Waals surface area (Å²) in [4.78, 5) is 28.7. The van der Waals surface area contributed by atoms with E-state index in [2.05, 4.69) is 0 Å². The molecule has 7 heteroatoms. The van der Waals surface area contributed by atoms with Crippen molar-refractivity contribution in [2.75, 3.05) is 46.9 Å². The second kappa shape index (κ2) is 8.05. The van der Waals surface area contributed by atoms with Gasteiger partial charge in [0.05, 0.1) is 27.0 Å². The van der Waals surface area contributed by atoms with Crippen LogP contribution in [0.4, 0.5) is 0 Å². The predicted octanol–water partition coefficient (Wildman–Crippen LogP) is 1.94. The molecule has 0 bridgehead atoms. The van der Waals surface area contributed by atoms with Crippen molar-refractivity contribution < 1.29 is 23.5 Å². The largest absolute Gasteiger partial charge is 0.497 e. The summed E-state index contributed by atoms with van der Waals surface area (Å²) < 4.78 is 15.6. The molecule has 3 rings (SSSR count). The molecular weight excluding hydrogens is 336 g/mol. The van der Waals surface area contributed by atoms with E-state index in [0.717, 1.165) is 0 Å². The van der Waals surface area contributed by atoms with E-state index < -0.39 is 0 Å². The van der Waals surface area contributed by atoms with Crippen molar-refractivity contribution in [2.24, 2.45) is 0 Å². The first-order chi connectivity index (χ1) is 12.6. The smallest absolute Gasteiger partial charge is 0.254 e. The molecule has 0 saturated carbocycles. The number of ketones is 1. The predicted molar refractivity (Wildman–Crippen MR) is 94.9 cm³/mol. The lowest BCUT2D eigenvalue weighted by atomic mass is 10.1. The Hall–Kier alpha value is -2.80. The maximum absolute atomic E-state index is 12.8. The van der Waals surface area contributed by atoms with Gasteiger partial charge in [-0.05, 0) is 24.3 Å². The molecule has 1 aromatic heterocycles. The maximum Gasteiger partial charge on any atom is 0.254 e. The van der Waals surface area contributed by atoms with Gasteiger partial charge in [-0.15, -0.1) is 0 Å². The Morgan fingerprint density at radius 3 is 2.23 bits per heavy atom. The van der Waals surface area contributed by atoms with Crippen molar-refractivity contribution in [3.8, 4) is 11.5 Å². The first kappa shape index (κ1) is 18.0. The number of furan rings is 1. The van der Waals surface area contributed by atoms with E-state index in [-0.39, 0.29) is 11.7 Å². The summed E-state index contributed by atoms with van der Waals surface area (Å²) in [5.41, 5.74) is 0.529. The Morgan fingerprint density at radius 1 is 1.04 bits per heavy atom. The van der Waals surface area contributed by atoms with E-state index in [0.29, 0.717) is 55.5 Å². The van der Waals surface area contributed by atoms with Gasteiger partial charge in [0.15, 0.2) is 5.76 Å². The second-order valence-corrected chi connectivity index (χ2v) is 6.07. The molecule has 7 nitrogen and oxygen atoms in total. The molecule has 2 heterocycles. The summed E-state index contributed by atoms with van der Waals surface area (Å²) in [6.45, 7) is 2.69. The number of nitrogens with zero attached hydrogens (tertiary/aromatic N) is 2. The molecular formula is C19H22N2O5. The Bertz CT molecular complexity index is 742. The van der Waals surface area contributed by atoms with E-state index in [9.17, 15) is 9.59 Å². The van der Waals surface area contributed by atoms with Crippen LogP contribution in [0.5, 0.6) is 11.5 Å². The molecule has 2 aromatic rings. The number of ether oxygens (including phenoxy) is 2. The minimum absolute atomic E-state index is 0.0488. The first-order valence-electron chi connectivity index (χ1n) is 8.42. The zero-order valence-corrected chi connectivity index (χ0v) is 14.9. The number of hydrogen-bond acceptors (Lipinski definition) is 6. The molecule has 0 unspecified atom stereocenters. The molecule has 1 aromatic carbocycles. The van der Waals surface area contributed by atoms with Crippen molar-refractivity contribution >= 4 is 11.7 Å². The standard InChI is InChI=1S/C19H22N2O5/c1-24-15-10-14(11-16(12-15)25-2)19(23)21-7-5-20(6-8-21)13-17(22)18-4-3-9-26-18/h3-4,9-12H,5-8,13H2,1-2H3. The molecule has 138 valence electrons. The number of methoxy groups -OCH3 is 2. The normalized spacial score (nSPS) is 14.9. The van der Waals surface area contributed by atoms with Crippen LogP contribution >= 0.6 is 0 Å². The van der Waals surface area contributed by atoms with E-state index >= 15 is 0 Å². The highest BCUT2D eigenvalue weighted by Crippen LogP contribution is 2.23. The number of amides is 1. The Balaban J connectivity index is 1.59. The SMILES string of the molecule is COc1cc(OC)cc(C(=O)N2CCN(CC(=O)c3ccco3)CC2)c1. The van der Waals surface area contributed by atoms with Gasteiger partial charge in [-0.25, -0.2) is 0 Å². The van der Waals surface area contributed by atoms with Crippen molar-refractivity contribution in [1.82, 2.24) is 9.80 Å². The third-order valence-electron chi connectivity index (χ3n) is 4.42. The van der Waals surface area contributed by atoms with Crippen LogP contribution in [0.2, 0.25) is 0 Å². The van der Waals surface area contributed by atoms with Crippen LogP contribution in [0.15, 0.2) is 41.0 Å². The van der Waals surface area contributed by atoms with Gasteiger partial charge in [0.2, 0.25) is 5.78 Å². The van der Waals surface area contributed by atoms with Crippen LogP contribution in [0.3, 0.4) is 0 Å². The fourth-order valence-corrected chi connectivity index (χ4v) is 2.94. The van der Waals surface area contributed by atoms with Crippen LogP contribution < -0.4 is 9.47 Å². The fraction of sp³-hybridized carbons (Fsp3) is 0.368. The van der Waals surface area contributed by atoms with Gasteiger partial charge < -0.3 is 18.8 Å². The molecule has 1 aliphatic rings. The van der Waals surface area contributed by atoms with Crippen molar-refractivity contribution in [3.05, 3.63) is 47.9 Å². The summed E-state index contributed by atoms with van der Waals surface area (Å²) in [6.07, 6.45) is 1.49. The van der Waals surface area contributed by atoms with Gasteiger partial charge >= 0.3 is 0 Å². The molecule has 26 heavy (non-hydrogen) atoms. The van der Waals surface area contributed by atoms with Gasteiger partial charge in [0.25, 0.3) is 5.91 Å². The summed E-state index contributed by atoms with van der Waals surface area (Å²) in [6, 6.07) is 8.51. The Morgan fingerprint density at radius 2 is 1.69 bits per heavy atom. The Kier molecular flexibility index (Phi) is 5.58. The number of piperazine rings is 1. The second-order valence-electron chi connectivity index (χ2n) is 6.07. The monoisotopic (exact) mass is 358 g/mol. The minimum atomic E-state index is -0.0702. The quantitative estimate of drug-likeness (QED) is 0.735. The molecule has 1 fully saturated rings. The molecule has 0 spiro atoms. The lowest BCUT2D eigenvalue weighted by Crippen LogP contribution is -2.49. The number of rotatable bonds is 6. The molecule has 1 amide bonds. The van der Waals surface area contributed by atoms with Crippen molar-refractivity contribution in [2.45, 2.75) is 0 Å². The molecule has 0 radical (unpaired) electrons. The summed E-state index contributed by atoms with van der Waals surface area (Å²) >= 11 is 0. The molecule has 1 aliphatic heterocycles. The van der Waals surface area contributed by atoms with Crippen molar-refractivity contribution in [1.29, 1.82) is 0 Å². The molecule has 0 N–H and O–H groups in total. The molecule has 0 atom stereocenters. The minimum Gasteiger partial charge on any atom is -0.497 e.